The molecule has 0 radical (unpaired) electrons. The standard InChI is InChI=1S/C17H19N3/c1-3-20(2)17(15-12-8-5-9-13-15)19-16(18)14-10-6-4-7-11-14/h4-13,18H,3H2,1-2H3. The zero-order valence-electron chi connectivity index (χ0n) is 11.9. The molecule has 1 N–H and O–H groups in total. The maximum atomic E-state index is 8.16. The van der Waals surface area contributed by atoms with Gasteiger partial charge in [-0.15, -0.1) is 0 Å². The van der Waals surface area contributed by atoms with Gasteiger partial charge in [-0.25, -0.2) is 4.99 Å². The molecule has 102 valence electrons. The maximum Gasteiger partial charge on any atom is 0.154 e. The second-order valence-corrected chi connectivity index (χ2v) is 4.53. The average Bonchev–Trinajstić information content (AvgIpc) is 2.53. The van der Waals surface area contributed by atoms with E-state index in [0.717, 1.165) is 23.5 Å². The summed E-state index contributed by atoms with van der Waals surface area (Å²) in [5, 5.41) is 8.16. The Morgan fingerprint density at radius 3 is 1.95 bits per heavy atom. The van der Waals surface area contributed by atoms with Crippen LogP contribution >= 0.6 is 0 Å². The molecular formula is C17H19N3. The first-order valence-electron chi connectivity index (χ1n) is 6.71. The molecule has 0 heterocycles. The van der Waals surface area contributed by atoms with E-state index in [9.17, 15) is 0 Å². The lowest BCUT2D eigenvalue weighted by molar-refractivity contribution is 0.537. The Bertz CT molecular complexity index is 588. The van der Waals surface area contributed by atoms with Crippen molar-refractivity contribution < 1.29 is 0 Å². The number of amidine groups is 2. The van der Waals surface area contributed by atoms with Crippen molar-refractivity contribution in [1.82, 2.24) is 4.90 Å². The number of aliphatic imine (C=N–C) groups is 1. The molecule has 0 aliphatic carbocycles. The van der Waals surface area contributed by atoms with Crippen molar-refractivity contribution in [3.63, 3.8) is 0 Å². The first-order chi connectivity index (χ1) is 9.72. The van der Waals surface area contributed by atoms with Crippen LogP contribution in [-0.4, -0.2) is 30.2 Å². The van der Waals surface area contributed by atoms with Crippen LogP contribution in [0, 0.1) is 5.41 Å². The van der Waals surface area contributed by atoms with Crippen LogP contribution in [-0.2, 0) is 0 Å². The normalized spacial score (nSPS) is 11.2. The summed E-state index contributed by atoms with van der Waals surface area (Å²) in [4.78, 5) is 6.56. The van der Waals surface area contributed by atoms with E-state index >= 15 is 0 Å². The van der Waals surface area contributed by atoms with Gasteiger partial charge in [-0.05, 0) is 6.92 Å². The fourth-order valence-corrected chi connectivity index (χ4v) is 1.87. The summed E-state index contributed by atoms with van der Waals surface area (Å²) < 4.78 is 0. The fourth-order valence-electron chi connectivity index (χ4n) is 1.87. The van der Waals surface area contributed by atoms with Gasteiger partial charge in [0.25, 0.3) is 0 Å². The van der Waals surface area contributed by atoms with Gasteiger partial charge in [-0.3, -0.25) is 5.41 Å². The highest BCUT2D eigenvalue weighted by molar-refractivity contribution is 6.10. The molecule has 3 heteroatoms. The zero-order valence-corrected chi connectivity index (χ0v) is 11.9. The number of benzene rings is 2. The summed E-state index contributed by atoms with van der Waals surface area (Å²) in [6, 6.07) is 19.6. The molecule has 0 saturated heterocycles. The molecule has 0 unspecified atom stereocenters. The van der Waals surface area contributed by atoms with Crippen molar-refractivity contribution in [2.75, 3.05) is 13.6 Å². The molecule has 20 heavy (non-hydrogen) atoms. The van der Waals surface area contributed by atoms with E-state index in [4.69, 9.17) is 5.41 Å². The van der Waals surface area contributed by atoms with Crippen LogP contribution in [0.2, 0.25) is 0 Å². The smallest absolute Gasteiger partial charge is 0.154 e. The van der Waals surface area contributed by atoms with E-state index in [1.54, 1.807) is 0 Å². The Morgan fingerprint density at radius 2 is 1.45 bits per heavy atom. The van der Waals surface area contributed by atoms with Crippen LogP contribution in [0.3, 0.4) is 0 Å². The minimum absolute atomic E-state index is 0.282. The van der Waals surface area contributed by atoms with Crippen molar-refractivity contribution in [1.29, 1.82) is 5.41 Å². The molecule has 0 saturated carbocycles. The van der Waals surface area contributed by atoms with Gasteiger partial charge in [0, 0.05) is 24.7 Å². The summed E-state index contributed by atoms with van der Waals surface area (Å²) in [6.45, 7) is 2.92. The first kappa shape index (κ1) is 14.0. The van der Waals surface area contributed by atoms with Crippen LogP contribution in [0.15, 0.2) is 65.7 Å². The van der Waals surface area contributed by atoms with Gasteiger partial charge in [-0.1, -0.05) is 60.7 Å². The summed E-state index contributed by atoms with van der Waals surface area (Å²) >= 11 is 0. The molecule has 0 aliphatic heterocycles. The monoisotopic (exact) mass is 265 g/mol. The highest BCUT2D eigenvalue weighted by Crippen LogP contribution is 2.08. The highest BCUT2D eigenvalue weighted by Gasteiger charge is 2.09. The third-order valence-electron chi connectivity index (χ3n) is 3.13. The number of rotatable bonds is 3. The first-order valence-corrected chi connectivity index (χ1v) is 6.71. The largest absolute Gasteiger partial charge is 0.359 e. The van der Waals surface area contributed by atoms with E-state index in [1.807, 2.05) is 72.6 Å². The third kappa shape index (κ3) is 3.32. The van der Waals surface area contributed by atoms with E-state index in [-0.39, 0.29) is 5.84 Å². The number of hydrogen-bond donors (Lipinski definition) is 1. The summed E-state index contributed by atoms with van der Waals surface area (Å²) in [5.41, 5.74) is 1.85. The van der Waals surface area contributed by atoms with E-state index in [0.29, 0.717) is 0 Å². The Hall–Kier alpha value is -2.42. The molecule has 0 aliphatic rings. The zero-order chi connectivity index (χ0) is 14.4. The number of nitrogens with zero attached hydrogens (tertiary/aromatic N) is 2. The average molecular weight is 265 g/mol. The number of hydrogen-bond acceptors (Lipinski definition) is 1. The molecule has 0 bridgehead atoms. The Morgan fingerprint density at radius 1 is 0.950 bits per heavy atom. The molecule has 2 rings (SSSR count). The molecule has 0 atom stereocenters. The van der Waals surface area contributed by atoms with Gasteiger partial charge < -0.3 is 4.90 Å². The van der Waals surface area contributed by atoms with Crippen molar-refractivity contribution in [2.24, 2.45) is 4.99 Å². The molecule has 2 aromatic carbocycles. The van der Waals surface area contributed by atoms with Gasteiger partial charge in [0.1, 0.15) is 5.84 Å². The number of nitrogens with one attached hydrogen (secondary N) is 1. The third-order valence-corrected chi connectivity index (χ3v) is 3.13. The summed E-state index contributed by atoms with van der Waals surface area (Å²) in [6.07, 6.45) is 0. The van der Waals surface area contributed by atoms with Gasteiger partial charge in [-0.2, -0.15) is 0 Å². The Balaban J connectivity index is 2.37. The van der Waals surface area contributed by atoms with Gasteiger partial charge in [0.15, 0.2) is 5.84 Å². The van der Waals surface area contributed by atoms with Gasteiger partial charge in [0.05, 0.1) is 0 Å². The Kier molecular flexibility index (Phi) is 4.66. The van der Waals surface area contributed by atoms with Gasteiger partial charge >= 0.3 is 0 Å². The van der Waals surface area contributed by atoms with Crippen LogP contribution in [0.4, 0.5) is 0 Å². The van der Waals surface area contributed by atoms with Crippen molar-refractivity contribution in [2.45, 2.75) is 6.92 Å². The molecule has 3 nitrogen and oxygen atoms in total. The van der Waals surface area contributed by atoms with Crippen LogP contribution in [0.25, 0.3) is 0 Å². The SMILES string of the molecule is CCN(C)C(=NC(=N)c1ccccc1)c1ccccc1. The lowest BCUT2D eigenvalue weighted by Crippen LogP contribution is -2.28. The van der Waals surface area contributed by atoms with Crippen LogP contribution < -0.4 is 0 Å². The predicted molar refractivity (Wildman–Crippen MR) is 84.6 cm³/mol. The Labute approximate surface area is 120 Å². The molecule has 0 amide bonds. The quantitative estimate of drug-likeness (QED) is 0.670. The van der Waals surface area contributed by atoms with Crippen molar-refractivity contribution >= 4 is 11.7 Å². The van der Waals surface area contributed by atoms with Crippen molar-refractivity contribution in [3.8, 4) is 0 Å². The second-order valence-electron chi connectivity index (χ2n) is 4.53. The lowest BCUT2D eigenvalue weighted by atomic mass is 10.1. The van der Waals surface area contributed by atoms with Crippen LogP contribution in [0.1, 0.15) is 18.1 Å². The van der Waals surface area contributed by atoms with Crippen LogP contribution in [0.5, 0.6) is 0 Å². The molecule has 0 spiro atoms. The van der Waals surface area contributed by atoms with E-state index in [1.165, 1.54) is 0 Å². The fraction of sp³-hybridized carbons (Fsp3) is 0.176. The summed E-state index contributed by atoms with van der Waals surface area (Å²) in [5.74, 6) is 1.10. The molecular weight excluding hydrogens is 246 g/mol. The lowest BCUT2D eigenvalue weighted by Gasteiger charge is -2.19. The molecule has 0 aromatic heterocycles. The van der Waals surface area contributed by atoms with E-state index < -0.39 is 0 Å². The molecule has 0 fully saturated rings. The molecule has 2 aromatic rings. The predicted octanol–water partition coefficient (Wildman–Crippen LogP) is 3.41. The maximum absolute atomic E-state index is 8.16. The minimum atomic E-state index is 0.282. The second kappa shape index (κ2) is 6.66. The summed E-state index contributed by atoms with van der Waals surface area (Å²) in [7, 11) is 1.99. The van der Waals surface area contributed by atoms with Crippen molar-refractivity contribution in [3.05, 3.63) is 71.8 Å². The minimum Gasteiger partial charge on any atom is -0.359 e. The van der Waals surface area contributed by atoms with Gasteiger partial charge in [0.2, 0.25) is 0 Å². The van der Waals surface area contributed by atoms with E-state index in [2.05, 4.69) is 11.9 Å². The topological polar surface area (TPSA) is 39.5 Å². The highest BCUT2D eigenvalue weighted by atomic mass is 15.2.